The molecule has 0 aliphatic carbocycles. The zero-order valence-corrected chi connectivity index (χ0v) is 7.87. The number of benzene rings is 1. The molecule has 0 amide bonds. The molecule has 76 valence electrons. The number of aliphatic carboxylic acids is 1. The molecular weight excluding hydrogens is 211 g/mol. The number of rotatable bonds is 4. The second-order valence-electron chi connectivity index (χ2n) is 2.55. The number of hydrogen-bond donors (Lipinski definition) is 1. The maximum absolute atomic E-state index is 12.1. The van der Waals surface area contributed by atoms with E-state index < -0.39 is 18.7 Å². The van der Waals surface area contributed by atoms with E-state index in [0.717, 1.165) is 0 Å². The third kappa shape index (κ3) is 2.88. The van der Waals surface area contributed by atoms with Gasteiger partial charge in [-0.1, -0.05) is 11.6 Å². The number of carboxylic acids is 1. The first kappa shape index (κ1) is 10.8. The van der Waals surface area contributed by atoms with Gasteiger partial charge in [-0.05, 0) is 24.3 Å². The third-order valence-corrected chi connectivity index (χ3v) is 1.76. The Morgan fingerprint density at radius 1 is 1.50 bits per heavy atom. The Balaban J connectivity index is 2.67. The Hall–Kier alpha value is -1.29. The molecule has 0 bridgehead atoms. The van der Waals surface area contributed by atoms with Gasteiger partial charge in [0.1, 0.15) is 12.4 Å². The van der Waals surface area contributed by atoms with Gasteiger partial charge in [0.15, 0.2) is 0 Å². The van der Waals surface area contributed by atoms with Gasteiger partial charge in [-0.3, -0.25) is 0 Å². The van der Waals surface area contributed by atoms with Crippen molar-refractivity contribution in [1.29, 1.82) is 0 Å². The zero-order valence-electron chi connectivity index (χ0n) is 7.11. The number of ether oxygens (including phenoxy) is 1. The first-order valence-corrected chi connectivity index (χ1v) is 4.22. The monoisotopic (exact) mass is 218 g/mol. The van der Waals surface area contributed by atoms with Crippen LogP contribution in [0.2, 0.25) is 5.02 Å². The zero-order chi connectivity index (χ0) is 10.6. The summed E-state index contributed by atoms with van der Waals surface area (Å²) in [5.74, 6) is -1.05. The Bertz CT molecular complexity index is 312. The molecule has 0 saturated carbocycles. The van der Waals surface area contributed by atoms with Gasteiger partial charge < -0.3 is 9.84 Å². The number of carbonyl (C=O) groups is 1. The molecule has 0 heterocycles. The molecule has 1 aromatic carbocycles. The Morgan fingerprint density at radius 3 is 2.50 bits per heavy atom. The van der Waals surface area contributed by atoms with E-state index in [0.29, 0.717) is 5.02 Å². The van der Waals surface area contributed by atoms with Crippen LogP contribution in [0.5, 0.6) is 5.75 Å². The van der Waals surface area contributed by atoms with Gasteiger partial charge in [-0.15, -0.1) is 0 Å². The van der Waals surface area contributed by atoms with Crippen LogP contribution < -0.4 is 4.74 Å². The van der Waals surface area contributed by atoms with Gasteiger partial charge >= 0.3 is 5.97 Å². The summed E-state index contributed by atoms with van der Waals surface area (Å²) >= 11 is 5.60. The molecule has 5 heteroatoms. The van der Waals surface area contributed by atoms with Crippen molar-refractivity contribution in [3.63, 3.8) is 0 Å². The van der Waals surface area contributed by atoms with Gasteiger partial charge in [0.25, 0.3) is 0 Å². The normalized spacial score (nSPS) is 12.1. The van der Waals surface area contributed by atoms with Gasteiger partial charge in [0.05, 0.1) is 0 Å². The minimum Gasteiger partial charge on any atom is -0.478 e. The summed E-state index contributed by atoms with van der Waals surface area (Å²) in [7, 11) is 0. The number of carboxylic acid groups (broad SMARTS) is 1. The lowest BCUT2D eigenvalue weighted by Gasteiger charge is -2.11. The molecular formula is C9H8ClFO3. The van der Waals surface area contributed by atoms with Crippen LogP contribution in [0, 0.1) is 0 Å². The molecule has 0 aromatic heterocycles. The van der Waals surface area contributed by atoms with Crippen LogP contribution >= 0.6 is 11.6 Å². The van der Waals surface area contributed by atoms with Crippen molar-refractivity contribution in [3.05, 3.63) is 29.3 Å². The SMILES string of the molecule is O=C(O)C(CF)Oc1ccc(Cl)cc1. The van der Waals surface area contributed by atoms with Crippen LogP contribution in [0.3, 0.4) is 0 Å². The summed E-state index contributed by atoms with van der Waals surface area (Å²) in [5.41, 5.74) is 0. The molecule has 0 aliphatic heterocycles. The van der Waals surface area contributed by atoms with Crippen molar-refractivity contribution < 1.29 is 19.0 Å². The highest BCUT2D eigenvalue weighted by molar-refractivity contribution is 6.30. The molecule has 1 rings (SSSR count). The summed E-state index contributed by atoms with van der Waals surface area (Å²) in [5, 5.41) is 9.00. The summed E-state index contributed by atoms with van der Waals surface area (Å²) in [6.45, 7) is -1.07. The predicted octanol–water partition coefficient (Wildman–Crippen LogP) is 2.14. The minimum absolute atomic E-state index is 0.277. The fourth-order valence-electron chi connectivity index (χ4n) is 0.825. The van der Waals surface area contributed by atoms with E-state index in [9.17, 15) is 9.18 Å². The predicted molar refractivity (Wildman–Crippen MR) is 49.5 cm³/mol. The molecule has 3 nitrogen and oxygen atoms in total. The highest BCUT2D eigenvalue weighted by atomic mass is 35.5. The maximum Gasteiger partial charge on any atom is 0.347 e. The number of hydrogen-bond acceptors (Lipinski definition) is 2. The van der Waals surface area contributed by atoms with Gasteiger partial charge in [0, 0.05) is 5.02 Å². The highest BCUT2D eigenvalue weighted by Gasteiger charge is 2.18. The lowest BCUT2D eigenvalue weighted by atomic mass is 10.3. The van der Waals surface area contributed by atoms with Crippen LogP contribution in [0.4, 0.5) is 4.39 Å². The van der Waals surface area contributed by atoms with E-state index in [4.69, 9.17) is 21.4 Å². The molecule has 0 spiro atoms. The maximum atomic E-state index is 12.1. The van der Waals surface area contributed by atoms with Crippen molar-refractivity contribution in [2.24, 2.45) is 0 Å². The Kier molecular flexibility index (Phi) is 3.71. The lowest BCUT2D eigenvalue weighted by Crippen LogP contribution is -2.28. The standard InChI is InChI=1S/C9H8ClFO3/c10-6-1-3-7(4-2-6)14-8(5-11)9(12)13/h1-4,8H,5H2,(H,12,13). The van der Waals surface area contributed by atoms with Gasteiger partial charge in [-0.25, -0.2) is 9.18 Å². The molecule has 0 fully saturated rings. The number of alkyl halides is 1. The fraction of sp³-hybridized carbons (Fsp3) is 0.222. The van der Waals surface area contributed by atoms with Crippen LogP contribution in [-0.4, -0.2) is 23.9 Å². The van der Waals surface area contributed by atoms with Crippen molar-refractivity contribution in [2.75, 3.05) is 6.67 Å². The molecule has 1 N–H and O–H groups in total. The molecule has 1 atom stereocenters. The van der Waals surface area contributed by atoms with Crippen molar-refractivity contribution in [2.45, 2.75) is 6.10 Å². The van der Waals surface area contributed by atoms with Crippen LogP contribution in [0.25, 0.3) is 0 Å². The Morgan fingerprint density at radius 2 is 2.07 bits per heavy atom. The second-order valence-corrected chi connectivity index (χ2v) is 2.99. The Labute approximate surface area is 85.1 Å². The van der Waals surface area contributed by atoms with Gasteiger partial charge in [-0.2, -0.15) is 0 Å². The van der Waals surface area contributed by atoms with Crippen molar-refractivity contribution >= 4 is 17.6 Å². The van der Waals surface area contributed by atoms with Crippen LogP contribution in [0.15, 0.2) is 24.3 Å². The fourth-order valence-corrected chi connectivity index (χ4v) is 0.951. The summed E-state index contributed by atoms with van der Waals surface area (Å²) in [6.07, 6.45) is -1.46. The largest absolute Gasteiger partial charge is 0.478 e. The summed E-state index contributed by atoms with van der Waals surface area (Å²) in [4.78, 5) is 10.4. The summed E-state index contributed by atoms with van der Waals surface area (Å²) < 4.78 is 17.0. The van der Waals surface area contributed by atoms with E-state index in [-0.39, 0.29) is 5.75 Å². The van der Waals surface area contributed by atoms with Crippen LogP contribution in [-0.2, 0) is 4.79 Å². The lowest BCUT2D eigenvalue weighted by molar-refractivity contribution is -0.145. The van der Waals surface area contributed by atoms with E-state index in [1.807, 2.05) is 0 Å². The summed E-state index contributed by atoms with van der Waals surface area (Å²) in [6, 6.07) is 6.03. The highest BCUT2D eigenvalue weighted by Crippen LogP contribution is 2.16. The topological polar surface area (TPSA) is 46.5 Å². The quantitative estimate of drug-likeness (QED) is 0.842. The van der Waals surface area contributed by atoms with Crippen LogP contribution in [0.1, 0.15) is 0 Å². The first-order valence-electron chi connectivity index (χ1n) is 3.84. The first-order chi connectivity index (χ1) is 6.63. The van der Waals surface area contributed by atoms with E-state index in [1.165, 1.54) is 24.3 Å². The molecule has 0 saturated heterocycles. The molecule has 1 aromatic rings. The van der Waals surface area contributed by atoms with E-state index in [1.54, 1.807) is 0 Å². The molecule has 0 aliphatic rings. The number of halogens is 2. The minimum atomic E-state index is -1.46. The molecule has 0 radical (unpaired) electrons. The third-order valence-electron chi connectivity index (χ3n) is 1.51. The van der Waals surface area contributed by atoms with E-state index in [2.05, 4.69) is 0 Å². The van der Waals surface area contributed by atoms with Gasteiger partial charge in [0.2, 0.25) is 6.10 Å². The smallest absolute Gasteiger partial charge is 0.347 e. The van der Waals surface area contributed by atoms with Crippen molar-refractivity contribution in [1.82, 2.24) is 0 Å². The average Bonchev–Trinajstić information content (AvgIpc) is 2.16. The second kappa shape index (κ2) is 4.81. The van der Waals surface area contributed by atoms with Crippen molar-refractivity contribution in [3.8, 4) is 5.75 Å². The molecule has 1 unspecified atom stereocenters. The average molecular weight is 219 g/mol. The van der Waals surface area contributed by atoms with E-state index >= 15 is 0 Å². The molecule has 14 heavy (non-hydrogen) atoms.